The van der Waals surface area contributed by atoms with E-state index in [1.807, 2.05) is 18.2 Å². The lowest BCUT2D eigenvalue weighted by Crippen LogP contribution is -1.86. The van der Waals surface area contributed by atoms with E-state index in [4.69, 9.17) is 0 Å². The molecule has 15 heavy (non-hydrogen) atoms. The molecule has 0 bridgehead atoms. The molecule has 1 atom stereocenters. The van der Waals surface area contributed by atoms with Gasteiger partial charge in [-0.2, -0.15) is 0 Å². The number of hydrogen-bond donors (Lipinski definition) is 0. The molecular formula is C13H8BrF. The maximum absolute atomic E-state index is 13.1. The summed E-state index contributed by atoms with van der Waals surface area (Å²) in [6.45, 7) is 0. The first kappa shape index (κ1) is 9.10. The fourth-order valence-electron chi connectivity index (χ4n) is 2.12. The molecule has 2 heteroatoms. The molecular weight excluding hydrogens is 255 g/mol. The summed E-state index contributed by atoms with van der Waals surface area (Å²) in [5.74, 6) is -0.175. The van der Waals surface area contributed by atoms with Gasteiger partial charge in [-0.05, 0) is 34.4 Å². The second kappa shape index (κ2) is 3.17. The van der Waals surface area contributed by atoms with Crippen LogP contribution in [0.3, 0.4) is 0 Å². The molecule has 0 heterocycles. The van der Waals surface area contributed by atoms with Crippen LogP contribution in [-0.2, 0) is 0 Å². The molecule has 1 aliphatic rings. The zero-order valence-electron chi connectivity index (χ0n) is 7.87. The molecule has 0 amide bonds. The second-order valence-electron chi connectivity index (χ2n) is 3.68. The number of rotatable bonds is 0. The first-order valence-corrected chi connectivity index (χ1v) is 5.72. The minimum atomic E-state index is -0.175. The van der Waals surface area contributed by atoms with Gasteiger partial charge >= 0.3 is 0 Å². The molecule has 0 unspecified atom stereocenters. The highest BCUT2D eigenvalue weighted by Gasteiger charge is 2.26. The van der Waals surface area contributed by atoms with Crippen LogP contribution in [0.4, 0.5) is 4.39 Å². The Hall–Kier alpha value is -1.15. The zero-order valence-corrected chi connectivity index (χ0v) is 9.46. The Morgan fingerprint density at radius 1 is 0.933 bits per heavy atom. The summed E-state index contributed by atoms with van der Waals surface area (Å²) in [5.41, 5.74) is 4.58. The van der Waals surface area contributed by atoms with Gasteiger partial charge in [-0.1, -0.05) is 46.3 Å². The third-order valence-electron chi connectivity index (χ3n) is 2.81. The van der Waals surface area contributed by atoms with E-state index < -0.39 is 0 Å². The third kappa shape index (κ3) is 1.25. The molecule has 0 aromatic heterocycles. The summed E-state index contributed by atoms with van der Waals surface area (Å²) < 4.78 is 13.1. The Kier molecular flexibility index (Phi) is 1.93. The van der Waals surface area contributed by atoms with Crippen LogP contribution in [0.1, 0.15) is 16.0 Å². The average molecular weight is 263 g/mol. The molecule has 2 aromatic rings. The van der Waals surface area contributed by atoms with Crippen LogP contribution in [0, 0.1) is 5.82 Å². The van der Waals surface area contributed by atoms with Crippen molar-refractivity contribution in [3.8, 4) is 11.1 Å². The van der Waals surface area contributed by atoms with E-state index in [9.17, 15) is 4.39 Å². The van der Waals surface area contributed by atoms with Crippen LogP contribution in [0.2, 0.25) is 0 Å². The molecule has 0 aliphatic heterocycles. The van der Waals surface area contributed by atoms with Crippen LogP contribution >= 0.6 is 15.9 Å². The number of hydrogen-bond acceptors (Lipinski definition) is 0. The highest BCUT2D eigenvalue weighted by molar-refractivity contribution is 9.09. The fraction of sp³-hybridized carbons (Fsp3) is 0.0769. The molecule has 0 saturated heterocycles. The van der Waals surface area contributed by atoms with Crippen molar-refractivity contribution in [1.82, 2.24) is 0 Å². The topological polar surface area (TPSA) is 0 Å². The van der Waals surface area contributed by atoms with E-state index in [0.717, 1.165) is 11.1 Å². The molecule has 1 aliphatic carbocycles. The van der Waals surface area contributed by atoms with Crippen LogP contribution in [0.5, 0.6) is 0 Å². The number of halogens is 2. The van der Waals surface area contributed by atoms with Crippen molar-refractivity contribution in [3.63, 3.8) is 0 Å². The van der Waals surface area contributed by atoms with E-state index in [1.54, 1.807) is 6.07 Å². The predicted octanol–water partition coefficient (Wildman–Crippen LogP) is 4.29. The fourth-order valence-corrected chi connectivity index (χ4v) is 2.90. The maximum atomic E-state index is 13.1. The van der Waals surface area contributed by atoms with Crippen LogP contribution < -0.4 is 0 Å². The van der Waals surface area contributed by atoms with Gasteiger partial charge in [-0.3, -0.25) is 0 Å². The number of benzene rings is 2. The summed E-state index contributed by atoms with van der Waals surface area (Å²) in [4.78, 5) is 0.124. The van der Waals surface area contributed by atoms with Gasteiger partial charge in [0.2, 0.25) is 0 Å². The molecule has 0 fully saturated rings. The lowest BCUT2D eigenvalue weighted by atomic mass is 10.1. The van der Waals surface area contributed by atoms with E-state index in [0.29, 0.717) is 0 Å². The molecule has 0 nitrogen and oxygen atoms in total. The van der Waals surface area contributed by atoms with Crippen molar-refractivity contribution in [1.29, 1.82) is 0 Å². The quantitative estimate of drug-likeness (QED) is 0.622. The Morgan fingerprint density at radius 3 is 2.53 bits per heavy atom. The van der Waals surface area contributed by atoms with E-state index in [1.165, 1.54) is 17.2 Å². The van der Waals surface area contributed by atoms with Crippen molar-refractivity contribution in [3.05, 3.63) is 59.4 Å². The summed E-state index contributed by atoms with van der Waals surface area (Å²) in [7, 11) is 0. The first-order chi connectivity index (χ1) is 7.27. The monoisotopic (exact) mass is 262 g/mol. The Bertz CT molecular complexity index is 534. The number of fused-ring (bicyclic) bond motifs is 3. The van der Waals surface area contributed by atoms with Gasteiger partial charge in [0.15, 0.2) is 0 Å². The zero-order chi connectivity index (χ0) is 10.4. The first-order valence-electron chi connectivity index (χ1n) is 4.80. The average Bonchev–Trinajstić information content (AvgIpc) is 2.54. The lowest BCUT2D eigenvalue weighted by molar-refractivity contribution is 0.626. The Morgan fingerprint density at radius 2 is 1.67 bits per heavy atom. The molecule has 0 N–H and O–H groups in total. The summed E-state index contributed by atoms with van der Waals surface area (Å²) in [6, 6.07) is 13.1. The van der Waals surface area contributed by atoms with Gasteiger partial charge in [0, 0.05) is 0 Å². The summed E-state index contributed by atoms with van der Waals surface area (Å²) in [6.07, 6.45) is 0. The van der Waals surface area contributed by atoms with Crippen molar-refractivity contribution in [2.45, 2.75) is 4.83 Å². The molecule has 2 aromatic carbocycles. The normalized spacial score (nSPS) is 17.3. The van der Waals surface area contributed by atoms with Gasteiger partial charge in [0.05, 0.1) is 4.83 Å². The second-order valence-corrected chi connectivity index (χ2v) is 4.60. The highest BCUT2D eigenvalue weighted by atomic mass is 79.9. The van der Waals surface area contributed by atoms with Crippen LogP contribution in [0.15, 0.2) is 42.5 Å². The largest absolute Gasteiger partial charge is 0.207 e. The van der Waals surface area contributed by atoms with Crippen molar-refractivity contribution >= 4 is 15.9 Å². The minimum Gasteiger partial charge on any atom is -0.207 e. The highest BCUT2D eigenvalue weighted by Crippen LogP contribution is 2.47. The SMILES string of the molecule is Fc1ccc2c(c1)[C@H](Br)c1ccccc1-2. The number of alkyl halides is 1. The molecule has 0 spiro atoms. The van der Waals surface area contributed by atoms with Gasteiger partial charge in [-0.15, -0.1) is 0 Å². The van der Waals surface area contributed by atoms with Gasteiger partial charge < -0.3 is 0 Å². The molecule has 74 valence electrons. The molecule has 0 radical (unpaired) electrons. The van der Waals surface area contributed by atoms with Crippen molar-refractivity contribution in [2.24, 2.45) is 0 Å². The molecule has 0 saturated carbocycles. The minimum absolute atomic E-state index is 0.124. The standard InChI is InChI=1S/C13H8BrF/c14-13-11-4-2-1-3-9(11)10-6-5-8(15)7-12(10)13/h1-7,13H/t13-/m1/s1. The summed E-state index contributed by atoms with van der Waals surface area (Å²) >= 11 is 3.60. The Labute approximate surface area is 95.9 Å². The van der Waals surface area contributed by atoms with E-state index in [-0.39, 0.29) is 10.6 Å². The third-order valence-corrected chi connectivity index (χ3v) is 3.80. The van der Waals surface area contributed by atoms with Gasteiger partial charge in [-0.25, -0.2) is 4.39 Å². The van der Waals surface area contributed by atoms with Crippen molar-refractivity contribution in [2.75, 3.05) is 0 Å². The summed E-state index contributed by atoms with van der Waals surface area (Å²) in [5, 5.41) is 0. The van der Waals surface area contributed by atoms with Gasteiger partial charge in [0.1, 0.15) is 5.82 Å². The smallest absolute Gasteiger partial charge is 0.123 e. The van der Waals surface area contributed by atoms with E-state index >= 15 is 0 Å². The molecule has 3 rings (SSSR count). The Balaban J connectivity index is 2.32. The van der Waals surface area contributed by atoms with Crippen molar-refractivity contribution < 1.29 is 4.39 Å². The predicted molar refractivity (Wildman–Crippen MR) is 62.6 cm³/mol. The van der Waals surface area contributed by atoms with Gasteiger partial charge in [0.25, 0.3) is 0 Å². The maximum Gasteiger partial charge on any atom is 0.123 e. The van der Waals surface area contributed by atoms with E-state index in [2.05, 4.69) is 28.1 Å². The van der Waals surface area contributed by atoms with Crippen LogP contribution in [0.25, 0.3) is 11.1 Å². The lowest BCUT2D eigenvalue weighted by Gasteiger charge is -2.03. The van der Waals surface area contributed by atoms with Crippen LogP contribution in [-0.4, -0.2) is 0 Å².